The molecule has 114 valence electrons. The maximum atomic E-state index is 12.2. The Labute approximate surface area is 119 Å². The molecular formula is C12H21N3O4S. The number of nitrogens with one attached hydrogen (secondary N) is 1. The highest BCUT2D eigenvalue weighted by Crippen LogP contribution is 2.17. The van der Waals surface area contributed by atoms with Crippen molar-refractivity contribution in [3.05, 3.63) is 12.5 Å². The van der Waals surface area contributed by atoms with Gasteiger partial charge in [-0.2, -0.15) is 0 Å². The lowest BCUT2D eigenvalue weighted by molar-refractivity contribution is -0.137. The van der Waals surface area contributed by atoms with Gasteiger partial charge in [0.15, 0.2) is 5.03 Å². The lowest BCUT2D eigenvalue weighted by Crippen LogP contribution is -2.43. The predicted molar refractivity (Wildman–Crippen MR) is 73.9 cm³/mol. The SMILES string of the molecule is CC(C)n1cnc(S(=O)(=O)NC(C)(C)CCC(=O)O)c1. The highest BCUT2D eigenvalue weighted by molar-refractivity contribution is 7.89. The molecule has 7 nitrogen and oxygen atoms in total. The van der Waals surface area contributed by atoms with E-state index < -0.39 is 21.5 Å². The van der Waals surface area contributed by atoms with Gasteiger partial charge in [0, 0.05) is 24.2 Å². The molecule has 0 spiro atoms. The minimum absolute atomic E-state index is 0.0606. The number of carbonyl (C=O) groups is 1. The standard InChI is InChI=1S/C12H21N3O4S/c1-9(2)15-7-10(13-8-15)20(18,19)14-12(3,4)6-5-11(16)17/h7-9,14H,5-6H2,1-4H3,(H,16,17). The van der Waals surface area contributed by atoms with Gasteiger partial charge in [-0.25, -0.2) is 18.1 Å². The lowest BCUT2D eigenvalue weighted by atomic mass is 10.0. The van der Waals surface area contributed by atoms with Gasteiger partial charge in [-0.1, -0.05) is 0 Å². The molecule has 0 aliphatic carbocycles. The van der Waals surface area contributed by atoms with Crippen molar-refractivity contribution in [3.8, 4) is 0 Å². The number of nitrogens with zero attached hydrogens (tertiary/aromatic N) is 2. The van der Waals surface area contributed by atoms with E-state index in [-0.39, 0.29) is 23.9 Å². The Morgan fingerprint density at radius 1 is 1.50 bits per heavy atom. The van der Waals surface area contributed by atoms with Gasteiger partial charge < -0.3 is 9.67 Å². The monoisotopic (exact) mass is 303 g/mol. The van der Waals surface area contributed by atoms with Crippen LogP contribution < -0.4 is 4.72 Å². The maximum absolute atomic E-state index is 12.2. The average Bonchev–Trinajstić information content (AvgIpc) is 2.75. The molecule has 1 aromatic rings. The van der Waals surface area contributed by atoms with Crippen molar-refractivity contribution in [3.63, 3.8) is 0 Å². The Balaban J connectivity index is 2.85. The molecular weight excluding hydrogens is 282 g/mol. The van der Waals surface area contributed by atoms with E-state index in [4.69, 9.17) is 5.11 Å². The number of imidazole rings is 1. The summed E-state index contributed by atoms with van der Waals surface area (Å²) in [5, 5.41) is 8.60. The number of carboxylic acid groups (broad SMARTS) is 1. The molecule has 1 rings (SSSR count). The van der Waals surface area contributed by atoms with Gasteiger partial charge in [0.2, 0.25) is 0 Å². The fourth-order valence-electron chi connectivity index (χ4n) is 1.63. The number of aromatic nitrogens is 2. The summed E-state index contributed by atoms with van der Waals surface area (Å²) in [6.45, 7) is 7.13. The Bertz CT molecular complexity index is 575. The van der Waals surface area contributed by atoms with Gasteiger partial charge in [0.05, 0.1) is 6.33 Å². The second-order valence-electron chi connectivity index (χ2n) is 5.64. The Hall–Kier alpha value is -1.41. The molecule has 8 heteroatoms. The summed E-state index contributed by atoms with van der Waals surface area (Å²) in [4.78, 5) is 14.5. The summed E-state index contributed by atoms with van der Waals surface area (Å²) in [5.74, 6) is -0.957. The topological polar surface area (TPSA) is 101 Å². The molecule has 0 saturated carbocycles. The molecule has 0 aliphatic rings. The fraction of sp³-hybridized carbons (Fsp3) is 0.667. The van der Waals surface area contributed by atoms with Gasteiger partial charge in [-0.3, -0.25) is 4.79 Å². The van der Waals surface area contributed by atoms with Crippen LogP contribution in [-0.4, -0.2) is 34.6 Å². The van der Waals surface area contributed by atoms with Crippen molar-refractivity contribution in [1.82, 2.24) is 14.3 Å². The molecule has 0 amide bonds. The molecule has 20 heavy (non-hydrogen) atoms. The third-order valence-corrected chi connectivity index (χ3v) is 4.41. The Kier molecular flexibility index (Phi) is 4.93. The van der Waals surface area contributed by atoms with Gasteiger partial charge in [-0.05, 0) is 34.1 Å². The fourth-order valence-corrected chi connectivity index (χ4v) is 3.01. The molecule has 0 aliphatic heterocycles. The molecule has 0 atom stereocenters. The summed E-state index contributed by atoms with van der Waals surface area (Å²) >= 11 is 0. The first kappa shape index (κ1) is 16.6. The smallest absolute Gasteiger partial charge is 0.303 e. The molecule has 1 aromatic heterocycles. The summed E-state index contributed by atoms with van der Waals surface area (Å²) in [6, 6.07) is 0.117. The summed E-state index contributed by atoms with van der Waals surface area (Å²) in [5.41, 5.74) is -0.848. The molecule has 0 fully saturated rings. The van der Waals surface area contributed by atoms with E-state index in [1.807, 2.05) is 13.8 Å². The number of hydrogen-bond acceptors (Lipinski definition) is 4. The van der Waals surface area contributed by atoms with E-state index >= 15 is 0 Å². The predicted octanol–water partition coefficient (Wildman–Crippen LogP) is 1.39. The van der Waals surface area contributed by atoms with Crippen LogP contribution in [0.2, 0.25) is 0 Å². The van der Waals surface area contributed by atoms with Gasteiger partial charge >= 0.3 is 5.97 Å². The first-order valence-electron chi connectivity index (χ1n) is 6.33. The molecule has 0 radical (unpaired) electrons. The molecule has 0 unspecified atom stereocenters. The Morgan fingerprint density at radius 2 is 2.10 bits per heavy atom. The van der Waals surface area contributed by atoms with E-state index in [1.54, 1.807) is 18.4 Å². The van der Waals surface area contributed by atoms with Crippen molar-refractivity contribution < 1.29 is 18.3 Å². The van der Waals surface area contributed by atoms with E-state index in [2.05, 4.69) is 9.71 Å². The van der Waals surface area contributed by atoms with Crippen molar-refractivity contribution in [2.45, 2.75) is 57.1 Å². The third-order valence-electron chi connectivity index (χ3n) is 2.82. The van der Waals surface area contributed by atoms with Crippen LogP contribution in [0.4, 0.5) is 0 Å². The second kappa shape index (κ2) is 5.92. The molecule has 0 bridgehead atoms. The van der Waals surface area contributed by atoms with Crippen LogP contribution in [0.5, 0.6) is 0 Å². The highest BCUT2D eigenvalue weighted by atomic mass is 32.2. The third kappa shape index (κ3) is 4.61. The largest absolute Gasteiger partial charge is 0.481 e. The second-order valence-corrected chi connectivity index (χ2v) is 7.27. The highest BCUT2D eigenvalue weighted by Gasteiger charge is 2.28. The zero-order valence-electron chi connectivity index (χ0n) is 12.1. The van der Waals surface area contributed by atoms with Crippen molar-refractivity contribution in [1.29, 1.82) is 0 Å². The van der Waals surface area contributed by atoms with E-state index in [9.17, 15) is 13.2 Å². The van der Waals surface area contributed by atoms with Crippen LogP contribution in [0, 0.1) is 0 Å². The zero-order chi connectivity index (χ0) is 15.6. The van der Waals surface area contributed by atoms with Crippen LogP contribution in [0.25, 0.3) is 0 Å². The van der Waals surface area contributed by atoms with Crippen LogP contribution in [0.15, 0.2) is 17.6 Å². The first-order chi connectivity index (χ1) is 9.03. The Morgan fingerprint density at radius 3 is 2.55 bits per heavy atom. The van der Waals surface area contributed by atoms with Crippen molar-refractivity contribution in [2.75, 3.05) is 0 Å². The van der Waals surface area contributed by atoms with Crippen molar-refractivity contribution in [2.24, 2.45) is 0 Å². The number of aliphatic carboxylic acids is 1. The van der Waals surface area contributed by atoms with Crippen LogP contribution >= 0.6 is 0 Å². The number of hydrogen-bond donors (Lipinski definition) is 2. The van der Waals surface area contributed by atoms with Crippen LogP contribution in [-0.2, 0) is 14.8 Å². The summed E-state index contributed by atoms with van der Waals surface area (Å²) in [7, 11) is -3.75. The molecule has 1 heterocycles. The number of carboxylic acids is 1. The van der Waals surface area contributed by atoms with E-state index in [0.717, 1.165) is 0 Å². The van der Waals surface area contributed by atoms with Gasteiger partial charge in [-0.15, -0.1) is 0 Å². The maximum Gasteiger partial charge on any atom is 0.303 e. The lowest BCUT2D eigenvalue weighted by Gasteiger charge is -2.24. The average molecular weight is 303 g/mol. The number of sulfonamides is 1. The van der Waals surface area contributed by atoms with Gasteiger partial charge in [0.1, 0.15) is 0 Å². The summed E-state index contributed by atoms with van der Waals surface area (Å²) < 4.78 is 28.6. The first-order valence-corrected chi connectivity index (χ1v) is 7.81. The molecule has 2 N–H and O–H groups in total. The zero-order valence-corrected chi connectivity index (χ0v) is 12.9. The van der Waals surface area contributed by atoms with E-state index in [1.165, 1.54) is 12.5 Å². The molecule has 0 aromatic carbocycles. The van der Waals surface area contributed by atoms with Crippen LogP contribution in [0.1, 0.15) is 46.6 Å². The van der Waals surface area contributed by atoms with Gasteiger partial charge in [0.25, 0.3) is 10.0 Å². The normalized spacial score (nSPS) is 12.8. The minimum atomic E-state index is -3.75. The van der Waals surface area contributed by atoms with Crippen LogP contribution in [0.3, 0.4) is 0 Å². The minimum Gasteiger partial charge on any atom is -0.481 e. The van der Waals surface area contributed by atoms with E-state index in [0.29, 0.717) is 0 Å². The number of rotatable bonds is 7. The van der Waals surface area contributed by atoms with Crippen molar-refractivity contribution >= 4 is 16.0 Å². The quantitative estimate of drug-likeness (QED) is 0.792. The molecule has 0 saturated heterocycles. The summed E-state index contributed by atoms with van der Waals surface area (Å²) in [6.07, 6.45) is 3.02.